The van der Waals surface area contributed by atoms with Crippen molar-refractivity contribution < 1.29 is 13.5 Å². The summed E-state index contributed by atoms with van der Waals surface area (Å²) in [4.78, 5) is 24.0. The second kappa shape index (κ2) is 5.77. The lowest BCUT2D eigenvalue weighted by molar-refractivity contribution is 0.310. The first-order valence-electron chi connectivity index (χ1n) is 8.10. The van der Waals surface area contributed by atoms with E-state index >= 15 is 0 Å². The van der Waals surface area contributed by atoms with E-state index in [0.29, 0.717) is 44.5 Å². The van der Waals surface area contributed by atoms with Gasteiger partial charge in [-0.3, -0.25) is 0 Å². The van der Waals surface area contributed by atoms with Crippen molar-refractivity contribution in [2.45, 2.75) is 0 Å². The van der Waals surface area contributed by atoms with Crippen molar-refractivity contribution in [2.24, 2.45) is 0 Å². The van der Waals surface area contributed by atoms with E-state index in [1.54, 1.807) is 24.3 Å². The Balaban J connectivity index is 1.86. The Kier molecular flexibility index (Phi) is 3.26. The van der Waals surface area contributed by atoms with Gasteiger partial charge in [-0.05, 0) is 22.4 Å². The second-order valence-electron chi connectivity index (χ2n) is 5.91. The number of rotatable bonds is 2. The first-order chi connectivity index (χ1) is 13.2. The molecular weight excluding hydrogens is 348 g/mol. The molecule has 0 saturated carbocycles. The fraction of sp³-hybridized carbons (Fsp3) is 0. The van der Waals surface area contributed by atoms with Gasteiger partial charge in [0.1, 0.15) is 22.6 Å². The van der Waals surface area contributed by atoms with Gasteiger partial charge in [-0.2, -0.15) is 0 Å². The largest absolute Gasteiger partial charge is 0.423 e. The zero-order valence-electron chi connectivity index (χ0n) is 13.7. The van der Waals surface area contributed by atoms with E-state index in [1.165, 1.54) is 12.1 Å². The lowest BCUT2D eigenvalue weighted by Crippen LogP contribution is -2.01. The third kappa shape index (κ3) is 2.44. The monoisotopic (exact) mass is 358 g/mol. The van der Waals surface area contributed by atoms with Crippen LogP contribution in [0.15, 0.2) is 83.7 Å². The van der Waals surface area contributed by atoms with E-state index in [0.717, 1.165) is 0 Å². The molecule has 0 unspecified atom stereocenters. The Morgan fingerprint density at radius 2 is 1.07 bits per heavy atom. The maximum absolute atomic E-state index is 12.0. The molecule has 0 saturated heterocycles. The number of para-hydroxylation sites is 2. The topological polar surface area (TPSA) is 99.3 Å². The molecule has 3 aromatic heterocycles. The van der Waals surface area contributed by atoms with Crippen LogP contribution < -0.4 is 11.3 Å². The van der Waals surface area contributed by atoms with Gasteiger partial charge < -0.3 is 8.83 Å². The number of nitrogens with zero attached hydrogens (tertiary/aromatic N) is 2. The minimum absolute atomic E-state index is 0.342. The molecule has 130 valence electrons. The Hall–Kier alpha value is -4.00. The molecule has 0 aliphatic rings. The van der Waals surface area contributed by atoms with Crippen molar-refractivity contribution in [1.29, 1.82) is 0 Å². The average molecular weight is 358 g/mol. The maximum Gasteiger partial charge on any atom is 0.336 e. The SMILES string of the molecule is O=c1cc(-c2nonc2-c2cc(=O)oc3ccccc23)c2ccccc2o1. The number of benzene rings is 2. The van der Waals surface area contributed by atoms with Crippen LogP contribution in [0.25, 0.3) is 44.5 Å². The van der Waals surface area contributed by atoms with Crippen LogP contribution in [-0.2, 0) is 0 Å². The molecule has 0 N–H and O–H groups in total. The molecule has 0 bridgehead atoms. The molecular formula is C20H10N2O5. The Morgan fingerprint density at radius 3 is 1.56 bits per heavy atom. The summed E-state index contributed by atoms with van der Waals surface area (Å²) >= 11 is 0. The van der Waals surface area contributed by atoms with Gasteiger partial charge in [-0.25, -0.2) is 14.2 Å². The van der Waals surface area contributed by atoms with E-state index in [4.69, 9.17) is 13.5 Å². The van der Waals surface area contributed by atoms with Gasteiger partial charge in [0, 0.05) is 34.0 Å². The molecule has 0 aliphatic carbocycles. The normalized spacial score (nSPS) is 11.3. The van der Waals surface area contributed by atoms with Gasteiger partial charge in [0.05, 0.1) is 0 Å². The van der Waals surface area contributed by atoms with Gasteiger partial charge in [-0.15, -0.1) is 0 Å². The van der Waals surface area contributed by atoms with Crippen molar-refractivity contribution in [3.63, 3.8) is 0 Å². The summed E-state index contributed by atoms with van der Waals surface area (Å²) in [6, 6.07) is 16.9. The van der Waals surface area contributed by atoms with E-state index in [9.17, 15) is 9.59 Å². The van der Waals surface area contributed by atoms with E-state index < -0.39 is 11.3 Å². The van der Waals surface area contributed by atoms with Crippen molar-refractivity contribution >= 4 is 21.9 Å². The predicted molar refractivity (Wildman–Crippen MR) is 97.3 cm³/mol. The zero-order chi connectivity index (χ0) is 18.4. The van der Waals surface area contributed by atoms with Gasteiger partial charge in [0.25, 0.3) is 0 Å². The molecule has 0 amide bonds. The van der Waals surface area contributed by atoms with E-state index in [-0.39, 0.29) is 0 Å². The average Bonchev–Trinajstić information content (AvgIpc) is 3.16. The summed E-state index contributed by atoms with van der Waals surface area (Å²) < 4.78 is 15.4. The number of fused-ring (bicyclic) bond motifs is 2. The van der Waals surface area contributed by atoms with Gasteiger partial charge >= 0.3 is 11.3 Å². The smallest absolute Gasteiger partial charge is 0.336 e. The number of hydrogen-bond acceptors (Lipinski definition) is 7. The van der Waals surface area contributed by atoms with Crippen LogP contribution >= 0.6 is 0 Å². The Bertz CT molecular complexity index is 1320. The highest BCUT2D eigenvalue weighted by Crippen LogP contribution is 2.35. The Labute approximate surface area is 150 Å². The first kappa shape index (κ1) is 15.3. The maximum atomic E-state index is 12.0. The molecule has 0 aliphatic heterocycles. The Morgan fingerprint density at radius 1 is 0.630 bits per heavy atom. The van der Waals surface area contributed by atoms with Crippen molar-refractivity contribution in [2.75, 3.05) is 0 Å². The van der Waals surface area contributed by atoms with Crippen LogP contribution in [0.5, 0.6) is 0 Å². The van der Waals surface area contributed by atoms with Crippen LogP contribution in [0.3, 0.4) is 0 Å². The zero-order valence-corrected chi connectivity index (χ0v) is 13.7. The number of hydrogen-bond donors (Lipinski definition) is 0. The van der Waals surface area contributed by atoms with Gasteiger partial charge in [0.15, 0.2) is 0 Å². The fourth-order valence-corrected chi connectivity index (χ4v) is 3.16. The standard InChI is InChI=1S/C20H10N2O5/c23-17-9-13(11-5-1-3-7-15(11)25-17)19-20(22-27-21-19)14-10-18(24)26-16-8-4-2-6-12(14)16/h1-10H. The van der Waals surface area contributed by atoms with E-state index in [2.05, 4.69) is 10.3 Å². The number of aromatic nitrogens is 2. The summed E-state index contributed by atoms with van der Waals surface area (Å²) in [5.41, 5.74) is 1.51. The molecule has 5 aromatic rings. The lowest BCUT2D eigenvalue weighted by atomic mass is 10.0. The molecule has 7 heteroatoms. The molecule has 27 heavy (non-hydrogen) atoms. The van der Waals surface area contributed by atoms with E-state index in [1.807, 2.05) is 24.3 Å². The lowest BCUT2D eigenvalue weighted by Gasteiger charge is -2.05. The summed E-state index contributed by atoms with van der Waals surface area (Å²) in [5.74, 6) is 0. The third-order valence-electron chi connectivity index (χ3n) is 4.30. The molecule has 5 rings (SSSR count). The molecule has 0 radical (unpaired) electrons. The first-order valence-corrected chi connectivity index (χ1v) is 8.10. The van der Waals surface area contributed by atoms with Crippen LogP contribution in [0.2, 0.25) is 0 Å². The van der Waals surface area contributed by atoms with Crippen LogP contribution in [0, 0.1) is 0 Å². The molecule has 0 atom stereocenters. The molecule has 2 aromatic carbocycles. The summed E-state index contributed by atoms with van der Waals surface area (Å²) in [7, 11) is 0. The van der Waals surface area contributed by atoms with Crippen LogP contribution in [-0.4, -0.2) is 10.3 Å². The van der Waals surface area contributed by atoms with Crippen molar-refractivity contribution in [1.82, 2.24) is 10.3 Å². The highest BCUT2D eigenvalue weighted by Gasteiger charge is 2.21. The molecule has 0 spiro atoms. The van der Waals surface area contributed by atoms with Gasteiger partial charge in [0.2, 0.25) is 0 Å². The van der Waals surface area contributed by atoms with Crippen molar-refractivity contribution in [3.8, 4) is 22.5 Å². The van der Waals surface area contributed by atoms with Crippen LogP contribution in [0.4, 0.5) is 0 Å². The minimum atomic E-state index is -0.518. The minimum Gasteiger partial charge on any atom is -0.423 e. The second-order valence-corrected chi connectivity index (χ2v) is 5.91. The predicted octanol–water partition coefficient (Wildman–Crippen LogP) is 3.62. The quantitative estimate of drug-likeness (QED) is 0.444. The molecule has 7 nitrogen and oxygen atoms in total. The fourth-order valence-electron chi connectivity index (χ4n) is 3.16. The highest BCUT2D eigenvalue weighted by molar-refractivity contribution is 6.00. The summed E-state index contributed by atoms with van der Waals surface area (Å²) in [5, 5.41) is 9.35. The molecule has 3 heterocycles. The van der Waals surface area contributed by atoms with Gasteiger partial charge in [-0.1, -0.05) is 36.4 Å². The summed E-state index contributed by atoms with van der Waals surface area (Å²) in [6.45, 7) is 0. The molecule has 0 fully saturated rings. The third-order valence-corrected chi connectivity index (χ3v) is 4.30. The highest BCUT2D eigenvalue weighted by atomic mass is 16.6. The summed E-state index contributed by atoms with van der Waals surface area (Å²) in [6.07, 6.45) is 0. The van der Waals surface area contributed by atoms with Crippen LogP contribution in [0.1, 0.15) is 0 Å². The van der Waals surface area contributed by atoms with Crippen molar-refractivity contribution in [3.05, 3.63) is 81.5 Å².